The van der Waals surface area contributed by atoms with Crippen molar-refractivity contribution in [2.45, 2.75) is 13.3 Å². The number of rotatable bonds is 5. The minimum atomic E-state index is -0.260. The summed E-state index contributed by atoms with van der Waals surface area (Å²) in [6.07, 6.45) is 0.184. The molecule has 7 heteroatoms. The molecule has 0 aliphatic carbocycles. The summed E-state index contributed by atoms with van der Waals surface area (Å²) in [6.45, 7) is 2.17. The van der Waals surface area contributed by atoms with E-state index in [0.29, 0.717) is 10.7 Å². The van der Waals surface area contributed by atoms with E-state index in [0.717, 1.165) is 26.6 Å². The van der Waals surface area contributed by atoms with Crippen molar-refractivity contribution in [3.8, 4) is 0 Å². The molecular weight excluding hydrogens is 418 g/mol. The van der Waals surface area contributed by atoms with Crippen LogP contribution in [0, 0.1) is 6.92 Å². The molecule has 0 spiro atoms. The van der Waals surface area contributed by atoms with Crippen LogP contribution < -0.4 is 10.6 Å². The van der Waals surface area contributed by atoms with Gasteiger partial charge in [-0.05, 0) is 42.8 Å². The first kappa shape index (κ1) is 18.5. The van der Waals surface area contributed by atoms with Crippen LogP contribution in [0.25, 0.3) is 10.9 Å². The second kappa shape index (κ2) is 7.93. The molecule has 0 aliphatic rings. The minimum Gasteiger partial charge on any atom is -0.350 e. The van der Waals surface area contributed by atoms with Gasteiger partial charge in [-0.2, -0.15) is 0 Å². The van der Waals surface area contributed by atoms with Crippen molar-refractivity contribution in [3.63, 3.8) is 0 Å². The summed E-state index contributed by atoms with van der Waals surface area (Å²) < 4.78 is 0.894. The molecule has 5 nitrogen and oxygen atoms in total. The maximum Gasteiger partial charge on any atom is 0.267 e. The third-order valence-electron chi connectivity index (χ3n) is 3.94. The number of aromatic nitrogens is 1. The molecule has 0 saturated heterocycles. The quantitative estimate of drug-likeness (QED) is 0.547. The molecule has 0 unspecified atom stereocenters. The van der Waals surface area contributed by atoms with Gasteiger partial charge >= 0.3 is 0 Å². The third-order valence-corrected chi connectivity index (χ3v) is 4.67. The highest BCUT2D eigenvalue weighted by molar-refractivity contribution is 9.10. The Morgan fingerprint density at radius 1 is 1.15 bits per heavy atom. The highest BCUT2D eigenvalue weighted by atomic mass is 79.9. The summed E-state index contributed by atoms with van der Waals surface area (Å²) in [5, 5.41) is 7.10. The van der Waals surface area contributed by atoms with Crippen molar-refractivity contribution < 1.29 is 9.59 Å². The number of anilines is 1. The van der Waals surface area contributed by atoms with Gasteiger partial charge in [0.1, 0.15) is 5.69 Å². The van der Waals surface area contributed by atoms with Crippen molar-refractivity contribution in [2.24, 2.45) is 0 Å². The standard InChI is InChI=1S/C19H17BrClN3O2/c1-11-2-4-13(20)9-15(11)24-18(25)6-7-22-19(26)17-8-12-3-5-14(21)10-16(12)23-17/h2-5,8-10,23H,6-7H2,1H3,(H,22,26)(H,24,25). The van der Waals surface area contributed by atoms with Crippen LogP contribution in [-0.2, 0) is 4.79 Å². The summed E-state index contributed by atoms with van der Waals surface area (Å²) >= 11 is 9.33. The van der Waals surface area contributed by atoms with Crippen LogP contribution in [0.15, 0.2) is 46.9 Å². The largest absolute Gasteiger partial charge is 0.350 e. The normalized spacial score (nSPS) is 10.7. The van der Waals surface area contributed by atoms with E-state index in [9.17, 15) is 9.59 Å². The van der Waals surface area contributed by atoms with Crippen LogP contribution in [-0.4, -0.2) is 23.3 Å². The van der Waals surface area contributed by atoms with Crippen molar-refractivity contribution in [2.75, 3.05) is 11.9 Å². The highest BCUT2D eigenvalue weighted by Crippen LogP contribution is 2.21. The average Bonchev–Trinajstić information content (AvgIpc) is 3.01. The number of aromatic amines is 1. The van der Waals surface area contributed by atoms with Gasteiger partial charge in [0.25, 0.3) is 5.91 Å². The Morgan fingerprint density at radius 3 is 2.77 bits per heavy atom. The number of halogens is 2. The smallest absolute Gasteiger partial charge is 0.267 e. The number of hydrogen-bond donors (Lipinski definition) is 3. The number of carbonyl (C=O) groups excluding carboxylic acids is 2. The number of fused-ring (bicyclic) bond motifs is 1. The zero-order chi connectivity index (χ0) is 18.7. The lowest BCUT2D eigenvalue weighted by Crippen LogP contribution is -2.28. The Morgan fingerprint density at radius 2 is 1.96 bits per heavy atom. The van der Waals surface area contributed by atoms with E-state index in [1.807, 2.05) is 31.2 Å². The van der Waals surface area contributed by atoms with E-state index in [1.165, 1.54) is 0 Å². The number of nitrogens with one attached hydrogen (secondary N) is 3. The number of benzene rings is 2. The molecule has 0 atom stereocenters. The molecule has 3 rings (SSSR count). The first-order chi connectivity index (χ1) is 12.4. The Labute approximate surface area is 164 Å². The molecule has 1 aromatic heterocycles. The van der Waals surface area contributed by atoms with E-state index >= 15 is 0 Å². The fourth-order valence-electron chi connectivity index (χ4n) is 2.55. The molecule has 3 aromatic rings. The maximum absolute atomic E-state index is 12.2. The summed E-state index contributed by atoms with van der Waals surface area (Å²) in [5.74, 6) is -0.418. The minimum absolute atomic E-state index is 0.157. The summed E-state index contributed by atoms with van der Waals surface area (Å²) in [5.41, 5.74) is 2.96. The number of hydrogen-bond acceptors (Lipinski definition) is 2. The zero-order valence-corrected chi connectivity index (χ0v) is 16.4. The van der Waals surface area contributed by atoms with Crippen molar-refractivity contribution in [1.29, 1.82) is 0 Å². The van der Waals surface area contributed by atoms with Gasteiger partial charge in [0.2, 0.25) is 5.91 Å². The van der Waals surface area contributed by atoms with E-state index in [-0.39, 0.29) is 24.8 Å². The lowest BCUT2D eigenvalue weighted by Gasteiger charge is -2.09. The first-order valence-corrected chi connectivity index (χ1v) is 9.22. The molecule has 0 fully saturated rings. The monoisotopic (exact) mass is 433 g/mol. The molecule has 3 N–H and O–H groups in total. The van der Waals surface area contributed by atoms with Crippen LogP contribution >= 0.6 is 27.5 Å². The van der Waals surface area contributed by atoms with Crippen LogP contribution in [0.3, 0.4) is 0 Å². The molecule has 0 bridgehead atoms. The van der Waals surface area contributed by atoms with Gasteiger partial charge in [0.05, 0.1) is 0 Å². The Kier molecular flexibility index (Phi) is 5.64. The molecule has 0 saturated carbocycles. The Balaban J connectivity index is 1.54. The van der Waals surface area contributed by atoms with E-state index < -0.39 is 0 Å². The van der Waals surface area contributed by atoms with Gasteiger partial charge in [-0.1, -0.05) is 39.7 Å². The summed E-state index contributed by atoms with van der Waals surface area (Å²) in [6, 6.07) is 12.8. The van der Waals surface area contributed by atoms with Crippen LogP contribution in [0.2, 0.25) is 5.02 Å². The fraction of sp³-hybridized carbons (Fsp3) is 0.158. The first-order valence-electron chi connectivity index (χ1n) is 8.05. The maximum atomic E-state index is 12.2. The summed E-state index contributed by atoms with van der Waals surface area (Å²) in [7, 11) is 0. The number of amides is 2. The predicted molar refractivity (Wildman–Crippen MR) is 108 cm³/mol. The average molecular weight is 435 g/mol. The number of aryl methyl sites for hydroxylation is 1. The predicted octanol–water partition coefficient (Wildman–Crippen LogP) is 4.65. The highest BCUT2D eigenvalue weighted by Gasteiger charge is 2.11. The van der Waals surface area contributed by atoms with Gasteiger partial charge in [-0.15, -0.1) is 0 Å². The molecule has 2 amide bonds. The van der Waals surface area contributed by atoms with Crippen LogP contribution in [0.5, 0.6) is 0 Å². The molecule has 134 valence electrons. The lowest BCUT2D eigenvalue weighted by molar-refractivity contribution is -0.116. The number of H-pyrrole nitrogens is 1. The van der Waals surface area contributed by atoms with Crippen molar-refractivity contribution >= 4 is 55.9 Å². The van der Waals surface area contributed by atoms with Gasteiger partial charge in [0, 0.05) is 39.1 Å². The molecule has 26 heavy (non-hydrogen) atoms. The second-order valence-corrected chi connectivity index (χ2v) is 7.28. The number of carbonyl (C=O) groups is 2. The molecular formula is C19H17BrClN3O2. The molecule has 2 aromatic carbocycles. The van der Waals surface area contributed by atoms with Crippen LogP contribution in [0.1, 0.15) is 22.5 Å². The van der Waals surface area contributed by atoms with Gasteiger partial charge in [-0.3, -0.25) is 9.59 Å². The second-order valence-electron chi connectivity index (χ2n) is 5.93. The van der Waals surface area contributed by atoms with Crippen molar-refractivity contribution in [3.05, 3.63) is 63.2 Å². The zero-order valence-electron chi connectivity index (χ0n) is 14.0. The topological polar surface area (TPSA) is 74.0 Å². The SMILES string of the molecule is Cc1ccc(Br)cc1NC(=O)CCNC(=O)c1cc2ccc(Cl)cc2[nH]1. The Bertz CT molecular complexity index is 984. The van der Waals surface area contributed by atoms with Gasteiger partial charge < -0.3 is 15.6 Å². The molecule has 0 aliphatic heterocycles. The van der Waals surface area contributed by atoms with Crippen molar-refractivity contribution in [1.82, 2.24) is 10.3 Å². The van der Waals surface area contributed by atoms with Gasteiger partial charge in [-0.25, -0.2) is 0 Å². The Hall–Kier alpha value is -2.31. The third kappa shape index (κ3) is 4.45. The summed E-state index contributed by atoms with van der Waals surface area (Å²) in [4.78, 5) is 27.3. The van der Waals surface area contributed by atoms with E-state index in [4.69, 9.17) is 11.6 Å². The van der Waals surface area contributed by atoms with Crippen LogP contribution in [0.4, 0.5) is 5.69 Å². The van der Waals surface area contributed by atoms with E-state index in [2.05, 4.69) is 31.5 Å². The molecule has 0 radical (unpaired) electrons. The molecule has 1 heterocycles. The van der Waals surface area contributed by atoms with E-state index in [1.54, 1.807) is 18.2 Å². The lowest BCUT2D eigenvalue weighted by atomic mass is 10.2. The van der Waals surface area contributed by atoms with Gasteiger partial charge in [0.15, 0.2) is 0 Å². The fourth-order valence-corrected chi connectivity index (χ4v) is 3.08.